The molecule has 0 aromatic heterocycles. The van der Waals surface area contributed by atoms with Crippen LogP contribution in [0.4, 0.5) is 0 Å². The number of allylic oxidation sites excluding steroid dienone is 6. The van der Waals surface area contributed by atoms with Crippen LogP contribution in [0.15, 0.2) is 48.0 Å². The average Bonchev–Trinajstić information content (AvgIpc) is 2.72. The molecular weight excluding hydrogens is 368 g/mol. The molecule has 4 heteroatoms. The number of hydrogen-bond acceptors (Lipinski definition) is 3. The van der Waals surface area contributed by atoms with Gasteiger partial charge in [0.25, 0.3) is 0 Å². The Morgan fingerprint density at radius 2 is 1.29 bits per heavy atom. The Morgan fingerprint density at radius 3 is 1.57 bits per heavy atom. The van der Waals surface area contributed by atoms with Crippen molar-refractivity contribution in [3.63, 3.8) is 0 Å². The molecule has 158 valence electrons. The molecule has 0 saturated carbocycles. The summed E-state index contributed by atoms with van der Waals surface area (Å²) in [6.07, 6.45) is 21.7. The van der Waals surface area contributed by atoms with Crippen LogP contribution in [0.1, 0.15) is 65.2 Å². The van der Waals surface area contributed by atoms with Crippen molar-refractivity contribution in [2.75, 3.05) is 25.7 Å². The lowest BCUT2D eigenvalue weighted by Gasteiger charge is -2.35. The Labute approximate surface area is 174 Å². The maximum Gasteiger partial charge on any atom is 0.114 e. The zero-order chi connectivity index (χ0) is 20.5. The number of ether oxygens (including phenoxy) is 2. The van der Waals surface area contributed by atoms with Gasteiger partial charge >= 0.3 is 0 Å². The van der Waals surface area contributed by atoms with Gasteiger partial charge in [-0.05, 0) is 50.0 Å². The molecule has 0 aromatic rings. The first kappa shape index (κ1) is 23.0. The van der Waals surface area contributed by atoms with E-state index in [1.807, 2.05) is 0 Å². The van der Waals surface area contributed by atoms with Crippen molar-refractivity contribution in [2.24, 2.45) is 10.8 Å². The normalized spacial score (nSPS) is 27.9. The molecule has 2 rings (SSSR count). The first-order valence-corrected chi connectivity index (χ1v) is 12.2. The van der Waals surface area contributed by atoms with Crippen LogP contribution >= 0.6 is 0 Å². The molecule has 0 aliphatic heterocycles. The standard InChI is InChI=1S/C24H38O3S/c1-5-7-13-23(15-9-21(26-3)10-16-23)19-28(25)20-24(14-8-6-2)17-11-22(27-4)12-18-24/h9-12,15,17H,5-8,13-14,16,18-20H2,1-4H3. The molecule has 0 aromatic carbocycles. The largest absolute Gasteiger partial charge is 0.497 e. The van der Waals surface area contributed by atoms with E-state index in [-0.39, 0.29) is 10.8 Å². The fraction of sp³-hybridized carbons (Fsp3) is 0.667. The Bertz CT molecular complexity index is 592. The van der Waals surface area contributed by atoms with Gasteiger partial charge in [-0.2, -0.15) is 0 Å². The summed E-state index contributed by atoms with van der Waals surface area (Å²) in [6, 6.07) is 0. The van der Waals surface area contributed by atoms with Crippen LogP contribution in [0.5, 0.6) is 0 Å². The highest BCUT2D eigenvalue weighted by Crippen LogP contribution is 2.40. The van der Waals surface area contributed by atoms with Gasteiger partial charge in [-0.3, -0.25) is 4.21 Å². The zero-order valence-electron chi connectivity index (χ0n) is 18.2. The maximum absolute atomic E-state index is 13.4. The van der Waals surface area contributed by atoms with E-state index in [4.69, 9.17) is 9.47 Å². The molecule has 28 heavy (non-hydrogen) atoms. The van der Waals surface area contributed by atoms with E-state index in [9.17, 15) is 4.21 Å². The topological polar surface area (TPSA) is 35.5 Å². The van der Waals surface area contributed by atoms with Gasteiger partial charge in [0, 0.05) is 33.1 Å². The minimum atomic E-state index is -0.870. The lowest BCUT2D eigenvalue weighted by atomic mass is 9.78. The molecule has 3 nitrogen and oxygen atoms in total. The lowest BCUT2D eigenvalue weighted by molar-refractivity contribution is 0.288. The number of rotatable bonds is 12. The summed E-state index contributed by atoms with van der Waals surface area (Å²) >= 11 is 0. The quantitative estimate of drug-likeness (QED) is 0.395. The Hall–Kier alpha value is -1.29. The van der Waals surface area contributed by atoms with Crippen LogP contribution < -0.4 is 0 Å². The highest BCUT2D eigenvalue weighted by atomic mass is 32.2. The predicted octanol–water partition coefficient (Wildman–Crippen LogP) is 6.07. The van der Waals surface area contributed by atoms with Gasteiger partial charge in [-0.25, -0.2) is 0 Å². The van der Waals surface area contributed by atoms with E-state index in [2.05, 4.69) is 50.3 Å². The SMILES string of the molecule is CCCCC1(CS(=O)CC2(CCCC)C=CC(OC)=CC2)C=CC(OC)=CC1. The summed E-state index contributed by atoms with van der Waals surface area (Å²) in [6.45, 7) is 4.44. The molecule has 0 amide bonds. The lowest BCUT2D eigenvalue weighted by Crippen LogP contribution is -2.33. The maximum atomic E-state index is 13.4. The van der Waals surface area contributed by atoms with Gasteiger partial charge in [-0.15, -0.1) is 0 Å². The van der Waals surface area contributed by atoms with Gasteiger partial charge in [-0.1, -0.05) is 51.7 Å². The van der Waals surface area contributed by atoms with Crippen LogP contribution in [-0.2, 0) is 20.3 Å². The van der Waals surface area contributed by atoms with Crippen LogP contribution in [-0.4, -0.2) is 29.9 Å². The van der Waals surface area contributed by atoms with Crippen molar-refractivity contribution in [1.82, 2.24) is 0 Å². The third-order valence-electron chi connectivity index (χ3n) is 6.05. The fourth-order valence-corrected chi connectivity index (χ4v) is 6.28. The number of methoxy groups -OCH3 is 2. The van der Waals surface area contributed by atoms with Gasteiger partial charge in [0.2, 0.25) is 0 Å². The molecule has 2 aliphatic carbocycles. The van der Waals surface area contributed by atoms with E-state index in [1.165, 1.54) is 12.8 Å². The Kier molecular flexibility index (Phi) is 9.07. The van der Waals surface area contributed by atoms with Gasteiger partial charge in [0.15, 0.2) is 0 Å². The fourth-order valence-electron chi connectivity index (χ4n) is 4.18. The van der Waals surface area contributed by atoms with Gasteiger partial charge in [0.1, 0.15) is 11.5 Å². The first-order valence-electron chi connectivity index (χ1n) is 10.7. The minimum Gasteiger partial charge on any atom is -0.497 e. The van der Waals surface area contributed by atoms with Gasteiger partial charge < -0.3 is 9.47 Å². The van der Waals surface area contributed by atoms with Crippen LogP contribution in [0.2, 0.25) is 0 Å². The summed E-state index contributed by atoms with van der Waals surface area (Å²) < 4.78 is 24.1. The van der Waals surface area contributed by atoms with Crippen LogP contribution in [0, 0.1) is 10.8 Å². The van der Waals surface area contributed by atoms with Gasteiger partial charge in [0.05, 0.1) is 14.2 Å². The van der Waals surface area contributed by atoms with E-state index < -0.39 is 10.8 Å². The highest BCUT2D eigenvalue weighted by Gasteiger charge is 2.35. The van der Waals surface area contributed by atoms with Crippen molar-refractivity contribution in [3.05, 3.63) is 48.0 Å². The number of hydrogen-bond donors (Lipinski definition) is 0. The average molecular weight is 407 g/mol. The number of unbranched alkanes of at least 4 members (excludes halogenated alkanes) is 2. The second-order valence-corrected chi connectivity index (χ2v) is 9.81. The summed E-state index contributed by atoms with van der Waals surface area (Å²) in [5, 5.41) is 0. The molecule has 0 bridgehead atoms. The third kappa shape index (κ3) is 6.37. The second kappa shape index (κ2) is 11.0. The van der Waals surface area contributed by atoms with E-state index in [1.54, 1.807) is 14.2 Å². The first-order chi connectivity index (χ1) is 13.5. The zero-order valence-corrected chi connectivity index (χ0v) is 19.0. The molecule has 0 N–H and O–H groups in total. The summed E-state index contributed by atoms with van der Waals surface area (Å²) in [7, 11) is 2.55. The van der Waals surface area contributed by atoms with Crippen molar-refractivity contribution < 1.29 is 13.7 Å². The summed E-state index contributed by atoms with van der Waals surface area (Å²) in [5.41, 5.74) is 0.00150. The molecule has 0 spiro atoms. The smallest absolute Gasteiger partial charge is 0.114 e. The van der Waals surface area contributed by atoms with Crippen LogP contribution in [0.3, 0.4) is 0 Å². The Balaban J connectivity index is 2.09. The molecule has 2 unspecified atom stereocenters. The van der Waals surface area contributed by atoms with E-state index >= 15 is 0 Å². The van der Waals surface area contributed by atoms with Crippen molar-refractivity contribution in [3.8, 4) is 0 Å². The predicted molar refractivity (Wildman–Crippen MR) is 119 cm³/mol. The molecule has 2 atom stereocenters. The molecular formula is C24H38O3S. The van der Waals surface area contributed by atoms with Crippen LogP contribution in [0.25, 0.3) is 0 Å². The Morgan fingerprint density at radius 1 is 0.857 bits per heavy atom. The summed E-state index contributed by atoms with van der Waals surface area (Å²) in [5.74, 6) is 3.31. The second-order valence-electron chi connectivity index (χ2n) is 8.36. The monoisotopic (exact) mass is 406 g/mol. The molecule has 0 saturated heterocycles. The van der Waals surface area contributed by atoms with E-state index in [0.29, 0.717) is 0 Å². The molecule has 2 aliphatic rings. The summed E-state index contributed by atoms with van der Waals surface area (Å²) in [4.78, 5) is 0. The molecule has 0 fully saturated rings. The van der Waals surface area contributed by atoms with E-state index in [0.717, 1.165) is 61.5 Å². The minimum absolute atomic E-state index is 0.000752. The molecule has 0 radical (unpaired) electrons. The molecule has 0 heterocycles. The highest BCUT2D eigenvalue weighted by molar-refractivity contribution is 7.85. The van der Waals surface area contributed by atoms with Crippen molar-refractivity contribution in [2.45, 2.75) is 65.2 Å². The third-order valence-corrected chi connectivity index (χ3v) is 7.84. The van der Waals surface area contributed by atoms with Crippen molar-refractivity contribution >= 4 is 10.8 Å². The van der Waals surface area contributed by atoms with Crippen molar-refractivity contribution in [1.29, 1.82) is 0 Å².